The Kier molecular flexibility index (Phi) is 5.84. The van der Waals surface area contributed by atoms with E-state index in [2.05, 4.69) is 15.8 Å². The van der Waals surface area contributed by atoms with Gasteiger partial charge in [0.1, 0.15) is 11.3 Å². The van der Waals surface area contributed by atoms with Crippen LogP contribution in [0.3, 0.4) is 0 Å². The summed E-state index contributed by atoms with van der Waals surface area (Å²) in [5.41, 5.74) is 0.346. The summed E-state index contributed by atoms with van der Waals surface area (Å²) in [5.74, 6) is -0.862. The maximum Gasteiger partial charge on any atom is 0.417 e. The van der Waals surface area contributed by atoms with Crippen molar-refractivity contribution in [3.8, 4) is 0 Å². The number of aryl methyl sites for hydroxylation is 2. The van der Waals surface area contributed by atoms with Gasteiger partial charge in [0.2, 0.25) is 0 Å². The molecule has 156 valence electrons. The highest BCUT2D eigenvalue weighted by atomic mass is 35.5. The second-order valence-electron chi connectivity index (χ2n) is 6.43. The van der Waals surface area contributed by atoms with E-state index in [1.54, 1.807) is 26.0 Å². The van der Waals surface area contributed by atoms with Crippen LogP contribution in [0.25, 0.3) is 0 Å². The monoisotopic (exact) mass is 437 g/mol. The Balaban J connectivity index is 1.81. The van der Waals surface area contributed by atoms with Crippen LogP contribution in [0.2, 0.25) is 5.02 Å². The molecular formula is C20H15ClF3N3O3. The van der Waals surface area contributed by atoms with Gasteiger partial charge in [-0.25, -0.2) is 0 Å². The number of halogens is 4. The van der Waals surface area contributed by atoms with E-state index in [4.69, 9.17) is 16.1 Å². The largest absolute Gasteiger partial charge is 0.417 e. The lowest BCUT2D eigenvalue weighted by atomic mass is 10.1. The molecule has 1 aromatic heterocycles. The summed E-state index contributed by atoms with van der Waals surface area (Å²) in [6.45, 7) is 3.34. The highest BCUT2D eigenvalue weighted by Crippen LogP contribution is 2.35. The lowest BCUT2D eigenvalue weighted by Gasteiger charge is -2.13. The molecule has 0 atom stereocenters. The van der Waals surface area contributed by atoms with E-state index in [-0.39, 0.29) is 16.8 Å². The molecule has 2 aromatic carbocycles. The molecule has 0 aliphatic carbocycles. The molecule has 3 aromatic rings. The van der Waals surface area contributed by atoms with Crippen LogP contribution in [-0.4, -0.2) is 17.0 Å². The van der Waals surface area contributed by atoms with Gasteiger partial charge in [-0.05, 0) is 49.7 Å². The van der Waals surface area contributed by atoms with Gasteiger partial charge in [-0.1, -0.05) is 22.8 Å². The number of nitrogens with one attached hydrogen (secondary N) is 2. The lowest BCUT2D eigenvalue weighted by Crippen LogP contribution is -2.16. The van der Waals surface area contributed by atoms with Gasteiger partial charge in [-0.15, -0.1) is 0 Å². The average Bonchev–Trinajstić information content (AvgIpc) is 3.10. The third-order valence-electron chi connectivity index (χ3n) is 4.27. The first-order chi connectivity index (χ1) is 14.1. The van der Waals surface area contributed by atoms with Gasteiger partial charge in [0.05, 0.1) is 16.8 Å². The van der Waals surface area contributed by atoms with E-state index in [0.717, 1.165) is 6.07 Å². The fraction of sp³-hybridized carbons (Fsp3) is 0.150. The molecule has 0 saturated carbocycles. The predicted octanol–water partition coefficient (Wildman–Crippen LogP) is 5.47. The van der Waals surface area contributed by atoms with Crippen LogP contribution in [0, 0.1) is 13.8 Å². The first-order valence-electron chi connectivity index (χ1n) is 8.57. The van der Waals surface area contributed by atoms with Gasteiger partial charge in [0, 0.05) is 16.9 Å². The van der Waals surface area contributed by atoms with Crippen LogP contribution in [0.15, 0.2) is 47.1 Å². The maximum atomic E-state index is 13.0. The summed E-state index contributed by atoms with van der Waals surface area (Å²) in [5, 5.41) is 8.25. The van der Waals surface area contributed by atoms with E-state index in [1.807, 2.05) is 0 Å². The molecule has 0 bridgehead atoms. The molecule has 0 fully saturated rings. The Hall–Kier alpha value is -3.33. The minimum Gasteiger partial charge on any atom is -0.361 e. The molecule has 1 heterocycles. The van der Waals surface area contributed by atoms with Crippen LogP contribution in [0.4, 0.5) is 24.5 Å². The number of hydrogen-bond acceptors (Lipinski definition) is 4. The number of carbonyl (C=O) groups is 2. The number of anilines is 2. The zero-order chi connectivity index (χ0) is 22.1. The molecule has 30 heavy (non-hydrogen) atoms. The third kappa shape index (κ3) is 4.62. The van der Waals surface area contributed by atoms with E-state index >= 15 is 0 Å². The normalized spacial score (nSPS) is 11.3. The van der Waals surface area contributed by atoms with E-state index in [1.165, 1.54) is 18.3 Å². The molecule has 0 aliphatic heterocycles. The average molecular weight is 438 g/mol. The Morgan fingerprint density at radius 1 is 1.03 bits per heavy atom. The fourth-order valence-corrected chi connectivity index (χ4v) is 2.85. The highest BCUT2D eigenvalue weighted by molar-refractivity contribution is 6.31. The number of aromatic nitrogens is 1. The zero-order valence-electron chi connectivity index (χ0n) is 15.7. The van der Waals surface area contributed by atoms with E-state index in [0.29, 0.717) is 23.1 Å². The van der Waals surface area contributed by atoms with Gasteiger partial charge < -0.3 is 15.2 Å². The van der Waals surface area contributed by atoms with Crippen LogP contribution < -0.4 is 10.6 Å². The second-order valence-corrected chi connectivity index (χ2v) is 6.83. The number of rotatable bonds is 4. The minimum atomic E-state index is -4.69. The smallest absolute Gasteiger partial charge is 0.361 e. The van der Waals surface area contributed by atoms with Crippen LogP contribution in [-0.2, 0) is 6.18 Å². The minimum absolute atomic E-state index is 0.210. The van der Waals surface area contributed by atoms with Crippen molar-refractivity contribution in [1.29, 1.82) is 0 Å². The molecular weight excluding hydrogens is 423 g/mol. The van der Waals surface area contributed by atoms with Crippen LogP contribution in [0.1, 0.15) is 37.6 Å². The zero-order valence-corrected chi connectivity index (χ0v) is 16.5. The second kappa shape index (κ2) is 8.19. The Bertz CT molecular complexity index is 1130. The summed E-state index contributed by atoms with van der Waals surface area (Å²) < 4.78 is 43.9. The number of benzene rings is 2. The van der Waals surface area contributed by atoms with Crippen LogP contribution in [0.5, 0.6) is 0 Å². The predicted molar refractivity (Wildman–Crippen MR) is 105 cm³/mol. The van der Waals surface area contributed by atoms with Gasteiger partial charge in [-0.2, -0.15) is 13.2 Å². The molecule has 0 aliphatic rings. The van der Waals surface area contributed by atoms with Gasteiger partial charge in [0.25, 0.3) is 11.8 Å². The third-order valence-corrected chi connectivity index (χ3v) is 4.60. The number of hydrogen-bond donors (Lipinski definition) is 2. The number of nitrogens with zero attached hydrogens (tertiary/aromatic N) is 1. The Morgan fingerprint density at radius 2 is 1.77 bits per heavy atom. The fourth-order valence-electron chi connectivity index (χ4n) is 2.63. The summed E-state index contributed by atoms with van der Waals surface area (Å²) >= 11 is 5.58. The molecule has 3 rings (SSSR count). The Morgan fingerprint density at radius 3 is 2.40 bits per heavy atom. The van der Waals surface area contributed by atoms with Crippen molar-refractivity contribution in [2.45, 2.75) is 20.0 Å². The first kappa shape index (κ1) is 21.4. The van der Waals surface area contributed by atoms with E-state index < -0.39 is 28.6 Å². The van der Waals surface area contributed by atoms with Gasteiger partial charge in [0.15, 0.2) is 0 Å². The van der Waals surface area contributed by atoms with Crippen molar-refractivity contribution in [3.63, 3.8) is 0 Å². The van der Waals surface area contributed by atoms with Crippen molar-refractivity contribution in [3.05, 3.63) is 75.6 Å². The molecule has 0 radical (unpaired) electrons. The molecule has 0 unspecified atom stereocenters. The number of carbonyl (C=O) groups excluding carboxylic acids is 2. The maximum absolute atomic E-state index is 13.0. The standard InChI is InChI=1S/C20H15ClF3N3O3/c1-10-3-5-13(8-17(10)27-19(29)14-9-25-30-11(14)2)26-18(28)12-4-6-16(21)15(7-12)20(22,23)24/h3-9H,1-2H3,(H,26,28)(H,27,29). The van der Waals surface area contributed by atoms with E-state index in [9.17, 15) is 22.8 Å². The van der Waals surface area contributed by atoms with Crippen molar-refractivity contribution < 1.29 is 27.3 Å². The number of amides is 2. The van der Waals surface area contributed by atoms with Crippen molar-refractivity contribution >= 4 is 34.8 Å². The summed E-state index contributed by atoms with van der Waals surface area (Å²) in [4.78, 5) is 24.8. The first-order valence-corrected chi connectivity index (χ1v) is 8.95. The molecule has 2 amide bonds. The molecule has 10 heteroatoms. The molecule has 2 N–H and O–H groups in total. The molecule has 6 nitrogen and oxygen atoms in total. The van der Waals surface area contributed by atoms with Crippen molar-refractivity contribution in [1.82, 2.24) is 5.16 Å². The van der Waals surface area contributed by atoms with Gasteiger partial charge in [-0.3, -0.25) is 9.59 Å². The Labute approximate surface area is 174 Å². The summed E-state index contributed by atoms with van der Waals surface area (Å²) in [7, 11) is 0. The molecule has 0 spiro atoms. The lowest BCUT2D eigenvalue weighted by molar-refractivity contribution is -0.137. The summed E-state index contributed by atoms with van der Waals surface area (Å²) in [6.07, 6.45) is -3.40. The number of alkyl halides is 3. The molecule has 0 saturated heterocycles. The topological polar surface area (TPSA) is 84.2 Å². The SMILES string of the molecule is Cc1ccc(NC(=O)c2ccc(Cl)c(C(F)(F)F)c2)cc1NC(=O)c1cnoc1C. The van der Waals surface area contributed by atoms with Crippen molar-refractivity contribution in [2.75, 3.05) is 10.6 Å². The highest BCUT2D eigenvalue weighted by Gasteiger charge is 2.33. The van der Waals surface area contributed by atoms with Crippen molar-refractivity contribution in [2.24, 2.45) is 0 Å². The summed E-state index contributed by atoms with van der Waals surface area (Å²) in [6, 6.07) is 7.60. The quantitative estimate of drug-likeness (QED) is 0.567. The van der Waals surface area contributed by atoms with Gasteiger partial charge >= 0.3 is 6.18 Å². The van der Waals surface area contributed by atoms with Crippen LogP contribution >= 0.6 is 11.6 Å².